The molecule has 3 heterocycles. The predicted octanol–water partition coefficient (Wildman–Crippen LogP) is -0.956. The first-order valence-electron chi connectivity index (χ1n) is 6.27. The van der Waals surface area contributed by atoms with Gasteiger partial charge in [0, 0.05) is 31.2 Å². The lowest BCUT2D eigenvalue weighted by molar-refractivity contribution is -0.146. The van der Waals surface area contributed by atoms with Crippen LogP contribution in [0, 0.1) is 0 Å². The SMILES string of the molecule is CC1CN2C(C)CN3C(C)CC2(N)C3(N)N1. The van der Waals surface area contributed by atoms with Gasteiger partial charge in [0.1, 0.15) is 5.66 Å². The van der Waals surface area contributed by atoms with E-state index >= 15 is 0 Å². The van der Waals surface area contributed by atoms with Crippen molar-refractivity contribution in [1.82, 2.24) is 15.1 Å². The second-order valence-corrected chi connectivity index (χ2v) is 5.94. The summed E-state index contributed by atoms with van der Waals surface area (Å²) >= 11 is 0. The first-order chi connectivity index (χ1) is 7.38. The molecule has 7 unspecified atom stereocenters. The largest absolute Gasteiger partial charge is 0.309 e. The van der Waals surface area contributed by atoms with E-state index in [2.05, 4.69) is 35.9 Å². The number of hydrogen-bond donors (Lipinski definition) is 3. The molecule has 3 fully saturated rings. The van der Waals surface area contributed by atoms with Crippen LogP contribution in [-0.4, -0.2) is 52.5 Å². The van der Waals surface area contributed by atoms with Gasteiger partial charge in [-0.2, -0.15) is 0 Å². The Hall–Kier alpha value is -0.200. The summed E-state index contributed by atoms with van der Waals surface area (Å²) in [6, 6.07) is 1.36. The van der Waals surface area contributed by atoms with Crippen molar-refractivity contribution in [3.63, 3.8) is 0 Å². The quantitative estimate of drug-likeness (QED) is 0.495. The molecule has 0 aromatic carbocycles. The van der Waals surface area contributed by atoms with E-state index in [-0.39, 0.29) is 0 Å². The highest BCUT2D eigenvalue weighted by atomic mass is 15.6. The predicted molar refractivity (Wildman–Crippen MR) is 63.4 cm³/mol. The van der Waals surface area contributed by atoms with Crippen molar-refractivity contribution in [3.8, 4) is 0 Å². The Labute approximate surface area is 97.1 Å². The maximum Gasteiger partial charge on any atom is 0.156 e. The molecule has 0 amide bonds. The normalized spacial score (nSPS) is 64.7. The van der Waals surface area contributed by atoms with Crippen LogP contribution in [0.15, 0.2) is 0 Å². The molecular weight excluding hydrogens is 202 g/mol. The Kier molecular flexibility index (Phi) is 2.03. The standard InChI is InChI=1S/C11H23N5/c1-7-5-15-9(3)6-16-8(2)4-10(15,12)11(16,13)14-7/h7-9,14H,4-6,12-13H2,1-3H3. The van der Waals surface area contributed by atoms with Crippen LogP contribution in [0.5, 0.6) is 0 Å². The number of nitrogens with two attached hydrogens (primary N) is 2. The minimum Gasteiger partial charge on any atom is -0.309 e. The third-order valence-corrected chi connectivity index (χ3v) is 4.69. The molecule has 0 spiro atoms. The fraction of sp³-hybridized carbons (Fsp3) is 1.00. The van der Waals surface area contributed by atoms with Gasteiger partial charge in [-0.1, -0.05) is 0 Å². The summed E-state index contributed by atoms with van der Waals surface area (Å²) in [6.07, 6.45) is 0.952. The smallest absolute Gasteiger partial charge is 0.156 e. The molecule has 3 rings (SSSR count). The average molecular weight is 225 g/mol. The Morgan fingerprint density at radius 2 is 1.75 bits per heavy atom. The van der Waals surface area contributed by atoms with Gasteiger partial charge in [-0.25, -0.2) is 0 Å². The van der Waals surface area contributed by atoms with Gasteiger partial charge in [-0.3, -0.25) is 20.9 Å². The van der Waals surface area contributed by atoms with Gasteiger partial charge in [0.2, 0.25) is 0 Å². The van der Waals surface area contributed by atoms with Gasteiger partial charge < -0.3 is 5.73 Å². The van der Waals surface area contributed by atoms with Crippen LogP contribution in [0.25, 0.3) is 0 Å². The van der Waals surface area contributed by atoms with Gasteiger partial charge in [-0.15, -0.1) is 0 Å². The monoisotopic (exact) mass is 225 g/mol. The minimum absolute atomic E-state index is 0.400. The first kappa shape index (κ1) is 10.9. The third-order valence-electron chi connectivity index (χ3n) is 4.69. The molecular formula is C11H23N5. The summed E-state index contributed by atoms with van der Waals surface area (Å²) in [4.78, 5) is 4.76. The number of hydrogen-bond acceptors (Lipinski definition) is 5. The number of piperazine rings is 2. The summed E-state index contributed by atoms with van der Waals surface area (Å²) < 4.78 is 0. The summed E-state index contributed by atoms with van der Waals surface area (Å²) in [5.41, 5.74) is 12.8. The molecule has 5 N–H and O–H groups in total. The van der Waals surface area contributed by atoms with Crippen molar-refractivity contribution in [1.29, 1.82) is 0 Å². The zero-order valence-electron chi connectivity index (χ0n) is 10.4. The van der Waals surface area contributed by atoms with E-state index < -0.39 is 11.4 Å². The first-order valence-corrected chi connectivity index (χ1v) is 6.27. The highest BCUT2D eigenvalue weighted by Gasteiger charge is 2.67. The van der Waals surface area contributed by atoms with Crippen molar-refractivity contribution >= 4 is 0 Å². The maximum absolute atomic E-state index is 6.62. The molecule has 92 valence electrons. The van der Waals surface area contributed by atoms with E-state index in [4.69, 9.17) is 11.5 Å². The summed E-state index contributed by atoms with van der Waals surface area (Å²) in [7, 11) is 0. The molecule has 3 aliphatic rings. The Balaban J connectivity index is 2.09. The summed E-state index contributed by atoms with van der Waals surface area (Å²) in [5, 5.41) is 3.51. The molecule has 0 aromatic heterocycles. The highest BCUT2D eigenvalue weighted by molar-refractivity contribution is 5.20. The van der Waals surface area contributed by atoms with E-state index in [9.17, 15) is 0 Å². The number of rotatable bonds is 0. The molecule has 0 aromatic rings. The second kappa shape index (κ2) is 2.97. The minimum atomic E-state index is -0.545. The second-order valence-electron chi connectivity index (χ2n) is 5.94. The number of nitrogens with one attached hydrogen (secondary N) is 1. The zero-order chi connectivity index (χ0) is 11.7. The van der Waals surface area contributed by atoms with Gasteiger partial charge in [0.05, 0.1) is 0 Å². The molecule has 4 bridgehead atoms. The summed E-state index contributed by atoms with van der Waals surface area (Å²) in [5.74, 6) is -0.545. The molecule has 0 aliphatic carbocycles. The lowest BCUT2D eigenvalue weighted by Gasteiger charge is -2.62. The lowest BCUT2D eigenvalue weighted by atomic mass is 9.90. The average Bonchev–Trinajstić information content (AvgIpc) is 2.27. The van der Waals surface area contributed by atoms with Crippen molar-refractivity contribution in [3.05, 3.63) is 0 Å². The molecule has 7 atom stereocenters. The fourth-order valence-corrected chi connectivity index (χ4v) is 4.02. The topological polar surface area (TPSA) is 70.5 Å². The van der Waals surface area contributed by atoms with Crippen LogP contribution in [0.3, 0.4) is 0 Å². The van der Waals surface area contributed by atoms with E-state index in [0.29, 0.717) is 18.1 Å². The van der Waals surface area contributed by atoms with Crippen LogP contribution in [-0.2, 0) is 0 Å². The van der Waals surface area contributed by atoms with Crippen LogP contribution < -0.4 is 16.8 Å². The van der Waals surface area contributed by atoms with E-state index in [1.807, 2.05) is 0 Å². The maximum atomic E-state index is 6.62. The van der Waals surface area contributed by atoms with E-state index in [0.717, 1.165) is 19.5 Å². The van der Waals surface area contributed by atoms with Crippen LogP contribution >= 0.6 is 0 Å². The lowest BCUT2D eigenvalue weighted by Crippen LogP contribution is -2.90. The Bertz CT molecular complexity index is 315. The molecule has 5 heteroatoms. The van der Waals surface area contributed by atoms with E-state index in [1.165, 1.54) is 0 Å². The third kappa shape index (κ3) is 1.03. The Morgan fingerprint density at radius 3 is 2.44 bits per heavy atom. The van der Waals surface area contributed by atoms with Crippen molar-refractivity contribution in [2.24, 2.45) is 11.5 Å². The zero-order valence-corrected chi connectivity index (χ0v) is 10.4. The highest BCUT2D eigenvalue weighted by Crippen LogP contribution is 2.45. The van der Waals surface area contributed by atoms with Gasteiger partial charge in [0.15, 0.2) is 5.79 Å². The number of nitrogens with zero attached hydrogens (tertiary/aromatic N) is 2. The molecule has 0 radical (unpaired) electrons. The van der Waals surface area contributed by atoms with Crippen molar-refractivity contribution in [2.45, 2.75) is 56.8 Å². The fourth-order valence-electron chi connectivity index (χ4n) is 4.02. The molecule has 3 aliphatic heterocycles. The van der Waals surface area contributed by atoms with Gasteiger partial charge in [-0.05, 0) is 27.2 Å². The molecule has 16 heavy (non-hydrogen) atoms. The van der Waals surface area contributed by atoms with Crippen LogP contribution in [0.2, 0.25) is 0 Å². The van der Waals surface area contributed by atoms with Crippen LogP contribution in [0.4, 0.5) is 0 Å². The van der Waals surface area contributed by atoms with Crippen LogP contribution in [0.1, 0.15) is 27.2 Å². The van der Waals surface area contributed by atoms with Crippen molar-refractivity contribution < 1.29 is 0 Å². The molecule has 3 saturated heterocycles. The molecule has 0 saturated carbocycles. The van der Waals surface area contributed by atoms with Gasteiger partial charge in [0.25, 0.3) is 0 Å². The Morgan fingerprint density at radius 1 is 1.06 bits per heavy atom. The van der Waals surface area contributed by atoms with Crippen molar-refractivity contribution in [2.75, 3.05) is 13.1 Å². The van der Waals surface area contributed by atoms with Gasteiger partial charge >= 0.3 is 0 Å². The summed E-state index contributed by atoms with van der Waals surface area (Å²) in [6.45, 7) is 8.67. The van der Waals surface area contributed by atoms with E-state index in [1.54, 1.807) is 0 Å². The molecule has 5 nitrogen and oxygen atoms in total.